The van der Waals surface area contributed by atoms with E-state index in [9.17, 15) is 14.4 Å². The third-order valence-corrected chi connectivity index (χ3v) is 5.54. The minimum atomic E-state index is -0.292. The number of hydrogen-bond donors (Lipinski definition) is 0. The molecule has 0 bridgehead atoms. The number of ether oxygens (including phenoxy) is 1. The van der Waals surface area contributed by atoms with Crippen LogP contribution in [0.2, 0.25) is 0 Å². The zero-order chi connectivity index (χ0) is 22.7. The van der Waals surface area contributed by atoms with Crippen molar-refractivity contribution in [2.75, 3.05) is 20.2 Å². The minimum Gasteiger partial charge on any atom is -0.491 e. The Morgan fingerprint density at radius 2 is 1.47 bits per heavy atom. The Bertz CT molecular complexity index is 1140. The fourth-order valence-corrected chi connectivity index (χ4v) is 3.65. The smallest absolute Gasteiger partial charge is 0.261 e. The molecule has 0 aliphatic carbocycles. The standard InChI is InChI=1S/C26H24N2O4/c1-18-7-3-6-10-23(18)32-16-15-27(2)24(29)20-13-11-19(12-14-20)17-28-25(30)21-8-4-5-9-22(21)26(28)31/h3-14H,15-17H2,1-2H3. The average Bonchev–Trinajstić information content (AvgIpc) is 3.05. The number of para-hydroxylation sites is 1. The number of carbonyl (C=O) groups is 3. The largest absolute Gasteiger partial charge is 0.491 e. The predicted molar refractivity (Wildman–Crippen MR) is 121 cm³/mol. The summed E-state index contributed by atoms with van der Waals surface area (Å²) < 4.78 is 5.77. The second kappa shape index (κ2) is 9.06. The van der Waals surface area contributed by atoms with Gasteiger partial charge in [0.2, 0.25) is 0 Å². The van der Waals surface area contributed by atoms with Crippen LogP contribution in [0.25, 0.3) is 0 Å². The summed E-state index contributed by atoms with van der Waals surface area (Å²) in [5.41, 5.74) is 3.23. The van der Waals surface area contributed by atoms with Gasteiger partial charge < -0.3 is 9.64 Å². The summed E-state index contributed by atoms with van der Waals surface area (Å²) in [6.45, 7) is 2.99. The third kappa shape index (κ3) is 4.25. The van der Waals surface area contributed by atoms with Crippen LogP contribution >= 0.6 is 0 Å². The van der Waals surface area contributed by atoms with E-state index in [4.69, 9.17) is 4.74 Å². The molecule has 3 aromatic rings. The molecule has 0 unspecified atom stereocenters. The first kappa shape index (κ1) is 21.3. The molecule has 162 valence electrons. The Balaban J connectivity index is 1.34. The molecule has 4 rings (SSSR count). The molecule has 6 heteroatoms. The molecule has 0 aromatic heterocycles. The van der Waals surface area contributed by atoms with Gasteiger partial charge in [0, 0.05) is 12.6 Å². The van der Waals surface area contributed by atoms with Gasteiger partial charge in [-0.05, 0) is 48.4 Å². The second-order valence-corrected chi connectivity index (χ2v) is 7.78. The van der Waals surface area contributed by atoms with Gasteiger partial charge in [-0.1, -0.05) is 42.5 Å². The topological polar surface area (TPSA) is 66.9 Å². The molecule has 6 nitrogen and oxygen atoms in total. The zero-order valence-corrected chi connectivity index (χ0v) is 18.1. The van der Waals surface area contributed by atoms with Crippen LogP contribution < -0.4 is 4.74 Å². The van der Waals surface area contributed by atoms with Crippen LogP contribution in [0.4, 0.5) is 0 Å². The quantitative estimate of drug-likeness (QED) is 0.535. The number of hydrogen-bond acceptors (Lipinski definition) is 4. The van der Waals surface area contributed by atoms with Crippen LogP contribution in [-0.4, -0.2) is 47.7 Å². The molecule has 0 spiro atoms. The summed E-state index contributed by atoms with van der Waals surface area (Å²) in [6.07, 6.45) is 0. The maximum atomic E-state index is 12.7. The molecule has 0 radical (unpaired) electrons. The van der Waals surface area contributed by atoms with E-state index in [1.807, 2.05) is 31.2 Å². The molecule has 1 heterocycles. The van der Waals surface area contributed by atoms with Gasteiger partial charge in [0.1, 0.15) is 12.4 Å². The Morgan fingerprint density at radius 1 is 0.875 bits per heavy atom. The first-order valence-electron chi connectivity index (χ1n) is 10.4. The fraction of sp³-hybridized carbons (Fsp3) is 0.192. The Hall–Kier alpha value is -3.93. The maximum absolute atomic E-state index is 12.7. The van der Waals surface area contributed by atoms with Crippen molar-refractivity contribution in [2.45, 2.75) is 13.5 Å². The van der Waals surface area contributed by atoms with Gasteiger partial charge in [0.05, 0.1) is 24.2 Å². The molecule has 0 saturated carbocycles. The van der Waals surface area contributed by atoms with E-state index < -0.39 is 0 Å². The number of benzene rings is 3. The second-order valence-electron chi connectivity index (χ2n) is 7.78. The molecule has 1 aliphatic heterocycles. The number of nitrogens with zero attached hydrogens (tertiary/aromatic N) is 2. The van der Waals surface area contributed by atoms with Crippen LogP contribution in [-0.2, 0) is 6.54 Å². The third-order valence-electron chi connectivity index (χ3n) is 5.54. The highest BCUT2D eigenvalue weighted by molar-refractivity contribution is 6.21. The lowest BCUT2D eigenvalue weighted by Gasteiger charge is -2.19. The van der Waals surface area contributed by atoms with E-state index in [2.05, 4.69) is 0 Å². The van der Waals surface area contributed by atoms with Crippen LogP contribution in [0.3, 0.4) is 0 Å². The highest BCUT2D eigenvalue weighted by Gasteiger charge is 2.34. The van der Waals surface area contributed by atoms with Gasteiger partial charge in [-0.3, -0.25) is 19.3 Å². The number of amides is 3. The monoisotopic (exact) mass is 428 g/mol. The molecule has 1 aliphatic rings. The molecule has 3 aromatic carbocycles. The van der Waals surface area contributed by atoms with Gasteiger partial charge in [-0.2, -0.15) is 0 Å². The van der Waals surface area contributed by atoms with E-state index in [1.165, 1.54) is 4.90 Å². The Labute approximate surface area is 187 Å². The molecule has 0 fully saturated rings. The molecule has 0 saturated heterocycles. The predicted octanol–water partition coefficient (Wildman–Crippen LogP) is 3.94. The summed E-state index contributed by atoms with van der Waals surface area (Å²) >= 11 is 0. The van der Waals surface area contributed by atoms with Crippen molar-refractivity contribution in [1.29, 1.82) is 0 Å². The fourth-order valence-electron chi connectivity index (χ4n) is 3.65. The van der Waals surface area contributed by atoms with Crippen molar-refractivity contribution in [3.05, 3.63) is 101 Å². The normalized spacial score (nSPS) is 12.6. The zero-order valence-electron chi connectivity index (χ0n) is 18.1. The first-order chi connectivity index (χ1) is 15.5. The number of rotatable bonds is 7. The Kier molecular flexibility index (Phi) is 6.03. The van der Waals surface area contributed by atoms with Crippen LogP contribution in [0.15, 0.2) is 72.8 Å². The molecule has 0 atom stereocenters. The average molecular weight is 428 g/mol. The number of imide groups is 1. The summed E-state index contributed by atoms with van der Waals surface area (Å²) in [7, 11) is 1.73. The summed E-state index contributed by atoms with van der Waals surface area (Å²) in [5, 5.41) is 0. The molecular weight excluding hydrogens is 404 g/mol. The van der Waals surface area contributed by atoms with E-state index >= 15 is 0 Å². The van der Waals surface area contributed by atoms with Gasteiger partial charge in [-0.15, -0.1) is 0 Å². The summed E-state index contributed by atoms with van der Waals surface area (Å²) in [5.74, 6) is 0.106. The SMILES string of the molecule is Cc1ccccc1OCCN(C)C(=O)c1ccc(CN2C(=O)c3ccccc3C2=O)cc1. The maximum Gasteiger partial charge on any atom is 0.261 e. The van der Waals surface area contributed by atoms with E-state index in [-0.39, 0.29) is 24.3 Å². The first-order valence-corrected chi connectivity index (χ1v) is 10.4. The Morgan fingerprint density at radius 3 is 2.09 bits per heavy atom. The van der Waals surface area contributed by atoms with Crippen LogP contribution in [0, 0.1) is 6.92 Å². The highest BCUT2D eigenvalue weighted by atomic mass is 16.5. The van der Waals surface area contributed by atoms with E-state index in [1.54, 1.807) is 60.5 Å². The van der Waals surface area contributed by atoms with Crippen molar-refractivity contribution in [2.24, 2.45) is 0 Å². The summed E-state index contributed by atoms with van der Waals surface area (Å²) in [6, 6.07) is 21.6. The van der Waals surface area contributed by atoms with E-state index in [0.29, 0.717) is 29.8 Å². The van der Waals surface area contributed by atoms with Crippen LogP contribution in [0.5, 0.6) is 5.75 Å². The van der Waals surface area contributed by atoms with Crippen molar-refractivity contribution in [3.63, 3.8) is 0 Å². The van der Waals surface area contributed by atoms with Crippen molar-refractivity contribution in [1.82, 2.24) is 9.80 Å². The highest BCUT2D eigenvalue weighted by Crippen LogP contribution is 2.24. The lowest BCUT2D eigenvalue weighted by atomic mass is 10.1. The lowest BCUT2D eigenvalue weighted by molar-refractivity contribution is 0.0641. The minimum absolute atomic E-state index is 0.120. The van der Waals surface area contributed by atoms with Gasteiger partial charge in [-0.25, -0.2) is 0 Å². The molecular formula is C26H24N2O4. The lowest BCUT2D eigenvalue weighted by Crippen LogP contribution is -2.31. The molecule has 0 N–H and O–H groups in total. The molecule has 3 amide bonds. The van der Waals surface area contributed by atoms with Gasteiger partial charge >= 0.3 is 0 Å². The molecule has 32 heavy (non-hydrogen) atoms. The van der Waals surface area contributed by atoms with Gasteiger partial charge in [0.15, 0.2) is 0 Å². The van der Waals surface area contributed by atoms with E-state index in [0.717, 1.165) is 16.9 Å². The number of likely N-dealkylation sites (N-methyl/N-ethyl adjacent to an activating group) is 1. The number of fused-ring (bicyclic) bond motifs is 1. The summed E-state index contributed by atoms with van der Waals surface area (Å²) in [4.78, 5) is 40.6. The van der Waals surface area contributed by atoms with Crippen LogP contribution in [0.1, 0.15) is 42.2 Å². The van der Waals surface area contributed by atoms with Crippen molar-refractivity contribution < 1.29 is 19.1 Å². The number of carbonyl (C=O) groups excluding carboxylic acids is 3. The van der Waals surface area contributed by atoms with Crippen molar-refractivity contribution in [3.8, 4) is 5.75 Å². The van der Waals surface area contributed by atoms with Crippen molar-refractivity contribution >= 4 is 17.7 Å². The van der Waals surface area contributed by atoms with Gasteiger partial charge in [0.25, 0.3) is 17.7 Å². The number of aryl methyl sites for hydroxylation is 1.